The van der Waals surface area contributed by atoms with E-state index < -0.39 is 29.9 Å². The van der Waals surface area contributed by atoms with E-state index in [0.29, 0.717) is 39.6 Å². The Balaban J connectivity index is 1.15. The lowest BCUT2D eigenvalue weighted by molar-refractivity contribution is -0.254. The number of halogens is 1. The van der Waals surface area contributed by atoms with Crippen LogP contribution < -0.4 is 0 Å². The number of fused-ring (bicyclic) bond motifs is 1. The van der Waals surface area contributed by atoms with E-state index in [1.807, 2.05) is 6.07 Å². The van der Waals surface area contributed by atoms with Crippen molar-refractivity contribution in [1.29, 1.82) is 0 Å². The molecule has 1 aliphatic heterocycles. The highest BCUT2D eigenvalue weighted by molar-refractivity contribution is 9.10. The molecule has 8 heteroatoms. The largest absolute Gasteiger partial charge is 0.374 e. The molecule has 0 saturated carbocycles. The Labute approximate surface area is 380 Å². The fraction of sp³-hybridized carbons (Fsp3) is 0.333. The minimum absolute atomic E-state index is 0.0426. The van der Waals surface area contributed by atoms with Crippen molar-refractivity contribution in [2.24, 2.45) is 0 Å². The Hall–Kier alpha value is -4.09. The summed E-state index contributed by atoms with van der Waals surface area (Å²) in [5.41, 5.74) is 12.3. The third kappa shape index (κ3) is 11.7. The van der Waals surface area contributed by atoms with E-state index in [-0.39, 0.29) is 11.4 Å². The van der Waals surface area contributed by atoms with Crippen LogP contribution in [0.1, 0.15) is 67.3 Å². The van der Waals surface area contributed by atoms with Crippen molar-refractivity contribution in [2.45, 2.75) is 108 Å². The van der Waals surface area contributed by atoms with E-state index in [1.165, 1.54) is 33.4 Å². The Kier molecular flexibility index (Phi) is 15.5. The lowest BCUT2D eigenvalue weighted by Gasteiger charge is -2.46. The Morgan fingerprint density at radius 2 is 1.05 bits per heavy atom. The average molecular weight is 914 g/mol. The molecule has 2 aliphatic rings. The first kappa shape index (κ1) is 44.5. The standard InChI is InChI=1S/C54H57BrO6S/c1-36-13-9-17-40(25-36)30-56-35-48-51(57-31-41-18-10-14-37(2)26-41)52(58-32-42-19-11-15-38(3)27-42)53(59-33-43-20-12-16-39(4)28-43)54(61-48)62-49-29-44-21-5-7-23-46(44)50(49)60-34-45-22-6-8-24-47(45)55/h5-28,48-54H,29-35H2,1-4H3/t48-,49-,50+,51-,52+,53-,54+/m1/s1. The molecule has 0 unspecified atom stereocenters. The van der Waals surface area contributed by atoms with E-state index >= 15 is 0 Å². The Bertz CT molecular complexity index is 2390. The third-order valence-electron chi connectivity index (χ3n) is 11.6. The molecule has 0 bridgehead atoms. The molecule has 7 atom stereocenters. The summed E-state index contributed by atoms with van der Waals surface area (Å²) < 4.78 is 43.2. The van der Waals surface area contributed by atoms with Gasteiger partial charge in [0.25, 0.3) is 0 Å². The molecule has 0 aromatic heterocycles. The minimum Gasteiger partial charge on any atom is -0.374 e. The van der Waals surface area contributed by atoms with Gasteiger partial charge in [-0.2, -0.15) is 0 Å². The average Bonchev–Trinajstić information content (AvgIpc) is 3.61. The monoisotopic (exact) mass is 912 g/mol. The molecule has 6 nitrogen and oxygen atoms in total. The summed E-state index contributed by atoms with van der Waals surface area (Å²) in [4.78, 5) is 0. The van der Waals surface area contributed by atoms with Crippen LogP contribution in [0.3, 0.4) is 0 Å². The van der Waals surface area contributed by atoms with Crippen LogP contribution in [0.2, 0.25) is 0 Å². The SMILES string of the molecule is Cc1cccc(COC[C@H]2O[C@@H](S[C@@H]3Cc4ccccc4[C@@H]3OCc3ccccc3Br)[C@H](OCc3cccc(C)c3)[C@@H](OCc3cccc(C)c3)[C@@H]2OCc2cccc(C)c2)c1. The molecule has 0 radical (unpaired) electrons. The zero-order valence-corrected chi connectivity index (χ0v) is 38.5. The smallest absolute Gasteiger partial charge is 0.133 e. The number of rotatable bonds is 18. The molecule has 322 valence electrons. The van der Waals surface area contributed by atoms with E-state index in [9.17, 15) is 0 Å². The minimum atomic E-state index is -0.513. The van der Waals surface area contributed by atoms with Crippen LogP contribution in [-0.2, 0) is 67.9 Å². The maximum Gasteiger partial charge on any atom is 0.133 e. The van der Waals surface area contributed by atoms with Gasteiger partial charge in [0.1, 0.15) is 29.9 Å². The van der Waals surface area contributed by atoms with Crippen molar-refractivity contribution in [1.82, 2.24) is 0 Å². The zero-order chi connectivity index (χ0) is 42.8. The molecule has 62 heavy (non-hydrogen) atoms. The highest BCUT2D eigenvalue weighted by Crippen LogP contribution is 2.46. The fourth-order valence-electron chi connectivity index (χ4n) is 8.57. The molecule has 1 heterocycles. The first-order valence-electron chi connectivity index (χ1n) is 21.6. The summed E-state index contributed by atoms with van der Waals surface area (Å²) in [6.45, 7) is 10.9. The van der Waals surface area contributed by atoms with E-state index in [4.69, 9.17) is 28.4 Å². The number of hydrogen-bond donors (Lipinski definition) is 0. The summed E-state index contributed by atoms with van der Waals surface area (Å²) in [5, 5.41) is 0.0426. The van der Waals surface area contributed by atoms with Gasteiger partial charge in [-0.25, -0.2) is 0 Å². The van der Waals surface area contributed by atoms with Crippen LogP contribution >= 0.6 is 27.7 Å². The van der Waals surface area contributed by atoms with E-state index in [0.717, 1.165) is 38.7 Å². The highest BCUT2D eigenvalue weighted by Gasteiger charge is 2.50. The fourth-order valence-corrected chi connectivity index (χ4v) is 10.6. The molecule has 1 saturated heterocycles. The molecule has 6 aromatic rings. The molecule has 0 amide bonds. The molecule has 8 rings (SSSR count). The predicted octanol–water partition coefficient (Wildman–Crippen LogP) is 12.3. The van der Waals surface area contributed by atoms with Gasteiger partial charge in [-0.1, -0.05) is 178 Å². The van der Waals surface area contributed by atoms with E-state index in [2.05, 4.69) is 183 Å². The van der Waals surface area contributed by atoms with Crippen molar-refractivity contribution < 1.29 is 28.4 Å². The Morgan fingerprint density at radius 3 is 1.63 bits per heavy atom. The van der Waals surface area contributed by atoms with Gasteiger partial charge in [-0.3, -0.25) is 0 Å². The quantitative estimate of drug-likeness (QED) is 0.0851. The summed E-state index contributed by atoms with van der Waals surface area (Å²) in [6.07, 6.45) is -1.32. The second-order valence-corrected chi connectivity index (χ2v) is 18.9. The third-order valence-corrected chi connectivity index (χ3v) is 13.8. The highest BCUT2D eigenvalue weighted by atomic mass is 79.9. The van der Waals surface area contributed by atoms with Crippen molar-refractivity contribution in [2.75, 3.05) is 6.61 Å². The zero-order valence-electron chi connectivity index (χ0n) is 36.1. The first-order chi connectivity index (χ1) is 30.3. The van der Waals surface area contributed by atoms with Crippen molar-refractivity contribution in [3.05, 3.63) is 211 Å². The lowest BCUT2D eigenvalue weighted by atomic mass is 9.98. The van der Waals surface area contributed by atoms with Gasteiger partial charge in [0.15, 0.2) is 0 Å². The molecule has 6 aromatic carbocycles. The van der Waals surface area contributed by atoms with Crippen molar-refractivity contribution in [3.63, 3.8) is 0 Å². The van der Waals surface area contributed by atoms with E-state index in [1.54, 1.807) is 11.8 Å². The molecular weight excluding hydrogens is 857 g/mol. The Morgan fingerprint density at radius 1 is 0.532 bits per heavy atom. The first-order valence-corrected chi connectivity index (χ1v) is 23.4. The van der Waals surface area contributed by atoms with Gasteiger partial charge >= 0.3 is 0 Å². The maximum atomic E-state index is 7.33. The second kappa shape index (κ2) is 21.5. The van der Waals surface area contributed by atoms with Crippen LogP contribution in [0, 0.1) is 27.7 Å². The van der Waals surface area contributed by atoms with Crippen LogP contribution in [0.15, 0.2) is 150 Å². The maximum absolute atomic E-state index is 7.33. The van der Waals surface area contributed by atoms with Gasteiger partial charge in [-0.15, -0.1) is 11.8 Å². The molecule has 0 spiro atoms. The summed E-state index contributed by atoms with van der Waals surface area (Å²) in [7, 11) is 0. The number of benzene rings is 6. The lowest BCUT2D eigenvalue weighted by Crippen LogP contribution is -2.60. The number of hydrogen-bond acceptors (Lipinski definition) is 7. The number of thioether (sulfide) groups is 1. The molecule has 1 aliphatic carbocycles. The summed E-state index contributed by atoms with van der Waals surface area (Å²) in [5.74, 6) is 0. The van der Waals surface area contributed by atoms with Crippen LogP contribution in [0.5, 0.6) is 0 Å². The summed E-state index contributed by atoms with van der Waals surface area (Å²) in [6, 6.07) is 50.8. The topological polar surface area (TPSA) is 55.4 Å². The van der Waals surface area contributed by atoms with Gasteiger partial charge < -0.3 is 28.4 Å². The predicted molar refractivity (Wildman–Crippen MR) is 252 cm³/mol. The second-order valence-electron chi connectivity index (χ2n) is 16.7. The normalized spacial score (nSPS) is 22.1. The van der Waals surface area contributed by atoms with Crippen molar-refractivity contribution >= 4 is 27.7 Å². The van der Waals surface area contributed by atoms with Gasteiger partial charge in [0.2, 0.25) is 0 Å². The van der Waals surface area contributed by atoms with Gasteiger partial charge in [0.05, 0.1) is 45.7 Å². The molecular formula is C54H57BrO6S. The number of ether oxygens (including phenoxy) is 6. The van der Waals surface area contributed by atoms with Crippen LogP contribution in [0.4, 0.5) is 0 Å². The number of aryl methyl sites for hydroxylation is 4. The van der Waals surface area contributed by atoms with Gasteiger partial charge in [0, 0.05) is 9.72 Å². The molecule has 1 fully saturated rings. The summed E-state index contributed by atoms with van der Waals surface area (Å²) >= 11 is 5.53. The molecule has 0 N–H and O–H groups in total. The van der Waals surface area contributed by atoms with Gasteiger partial charge in [-0.05, 0) is 79.1 Å². The van der Waals surface area contributed by atoms with Crippen LogP contribution in [-0.4, -0.2) is 41.7 Å². The van der Waals surface area contributed by atoms with Crippen molar-refractivity contribution in [3.8, 4) is 0 Å². The van der Waals surface area contributed by atoms with Crippen LogP contribution in [0.25, 0.3) is 0 Å².